The first kappa shape index (κ1) is 17.3. The molecule has 0 bridgehead atoms. The second-order valence-corrected chi connectivity index (χ2v) is 1.65. The minimum absolute atomic E-state index is 0.250. The molecule has 0 aliphatic rings. The summed E-state index contributed by atoms with van der Waals surface area (Å²) in [6.07, 6.45) is 0. The first-order chi connectivity index (χ1) is 5.24. The number of ether oxygens (including phenoxy) is 1. The van der Waals surface area contributed by atoms with Gasteiger partial charge in [0.05, 0.1) is 0 Å². The van der Waals surface area contributed by atoms with Gasteiger partial charge in [0.15, 0.2) is 0 Å². The summed E-state index contributed by atoms with van der Waals surface area (Å²) in [6, 6.07) is 0. The summed E-state index contributed by atoms with van der Waals surface area (Å²) in [7, 11) is 0. The topological polar surface area (TPSA) is 63.6 Å². The molecule has 0 spiro atoms. The van der Waals surface area contributed by atoms with Gasteiger partial charge >= 0.3 is 25.3 Å². The minimum atomic E-state index is -2.25. The van der Waals surface area contributed by atoms with Crippen LogP contribution in [0, 0.1) is 0 Å². The number of aliphatic hydroxyl groups is 1. The van der Waals surface area contributed by atoms with Crippen LogP contribution in [0.15, 0.2) is 0 Å². The maximum atomic E-state index is 8.54. The molecular weight excluding hydrogens is 320 g/mol. The van der Waals surface area contributed by atoms with Crippen LogP contribution in [0.5, 0.6) is 0 Å². The van der Waals surface area contributed by atoms with E-state index in [1.807, 2.05) is 13.8 Å². The van der Waals surface area contributed by atoms with Crippen molar-refractivity contribution in [1.29, 1.82) is 0 Å². The molecule has 0 atom stereocenters. The fourth-order valence-electron chi connectivity index (χ4n) is 0.204. The predicted octanol–water partition coefficient (Wildman–Crippen LogP) is 0.801. The first-order valence-electron chi connectivity index (χ1n) is 3.35. The fourth-order valence-corrected chi connectivity index (χ4v) is 0.204. The summed E-state index contributed by atoms with van der Waals surface area (Å²) in [5.74, 6) is 0. The van der Waals surface area contributed by atoms with Crippen molar-refractivity contribution in [2.45, 2.75) is 20.8 Å². The molecule has 0 radical (unpaired) electrons. The quantitative estimate of drug-likeness (QED) is 0.810. The Kier molecular flexibility index (Phi) is 50.3. The zero-order chi connectivity index (χ0) is 9.54. The van der Waals surface area contributed by atoms with Gasteiger partial charge in [-0.1, -0.05) is 0 Å². The van der Waals surface area contributed by atoms with Gasteiger partial charge in [-0.2, -0.15) is 0 Å². The van der Waals surface area contributed by atoms with E-state index < -0.39 is 18.5 Å². The Morgan fingerprint density at radius 2 is 1.36 bits per heavy atom. The normalized spacial score (nSPS) is 6.55. The van der Waals surface area contributed by atoms with E-state index in [0.29, 0.717) is 0 Å². The van der Waals surface area contributed by atoms with Crippen molar-refractivity contribution in [3.63, 3.8) is 0 Å². The van der Waals surface area contributed by atoms with Crippen molar-refractivity contribution in [2.75, 3.05) is 19.8 Å². The third-order valence-electron chi connectivity index (χ3n) is 0.408. The average molecular weight is 336 g/mol. The predicted molar refractivity (Wildman–Crippen MR) is 36.3 cm³/mol. The first-order valence-corrected chi connectivity index (χ1v) is 5.74. The molecule has 0 aromatic heterocycles. The molecule has 11 heavy (non-hydrogen) atoms. The zero-order valence-corrected chi connectivity index (χ0v) is 10.1. The van der Waals surface area contributed by atoms with E-state index in [1.165, 1.54) is 0 Å². The van der Waals surface area contributed by atoms with E-state index >= 15 is 0 Å². The van der Waals surface area contributed by atoms with Crippen molar-refractivity contribution < 1.29 is 35.1 Å². The second kappa shape index (κ2) is 31.9. The van der Waals surface area contributed by atoms with Crippen LogP contribution in [0.1, 0.15) is 20.8 Å². The van der Waals surface area contributed by atoms with Gasteiger partial charge < -0.3 is 9.84 Å². The molecule has 0 heterocycles. The van der Waals surface area contributed by atoms with Gasteiger partial charge in [-0.3, -0.25) is 0 Å². The molecule has 1 N–H and O–H groups in total. The zero-order valence-electron chi connectivity index (χ0n) is 7.20. The Balaban J connectivity index is -0.0000000933. The fraction of sp³-hybridized carbons (Fsp3) is 1.00. The summed E-state index contributed by atoms with van der Waals surface area (Å²) in [6.45, 7) is 7.60. The number of hydrogen-bond acceptors (Lipinski definition) is 4. The number of aliphatic hydroxyl groups excluding tert-OH is 1. The monoisotopic (exact) mass is 336 g/mol. The summed E-state index contributed by atoms with van der Waals surface area (Å²) in [4.78, 5) is 0. The summed E-state index contributed by atoms with van der Waals surface area (Å²) >= 11 is -2.25. The van der Waals surface area contributed by atoms with Crippen LogP contribution in [-0.4, -0.2) is 24.9 Å². The maximum absolute atomic E-state index is 8.54. The van der Waals surface area contributed by atoms with Crippen LogP contribution in [0.4, 0.5) is 0 Å². The van der Waals surface area contributed by atoms with Gasteiger partial charge in [-0.25, -0.2) is 0 Å². The van der Waals surface area contributed by atoms with Crippen LogP contribution >= 0.6 is 0 Å². The van der Waals surface area contributed by atoms with E-state index in [0.717, 1.165) is 13.2 Å². The van der Waals surface area contributed by atoms with Gasteiger partial charge in [0.25, 0.3) is 0 Å². The van der Waals surface area contributed by atoms with Crippen molar-refractivity contribution in [2.24, 2.45) is 0 Å². The molecule has 0 amide bonds. The Bertz CT molecular complexity index is 69.0. The van der Waals surface area contributed by atoms with Crippen molar-refractivity contribution in [1.82, 2.24) is 0 Å². The van der Waals surface area contributed by atoms with Crippen molar-refractivity contribution in [3.05, 3.63) is 0 Å². The number of rotatable bonds is 2. The van der Waals surface area contributed by atoms with Crippen LogP contribution in [0.2, 0.25) is 0 Å². The van der Waals surface area contributed by atoms with E-state index in [9.17, 15) is 0 Å². The molecule has 0 unspecified atom stereocenters. The van der Waals surface area contributed by atoms with Crippen molar-refractivity contribution in [3.8, 4) is 0 Å². The number of hydrogen-bond donors (Lipinski definition) is 1. The van der Waals surface area contributed by atoms with Crippen LogP contribution in [0.25, 0.3) is 0 Å². The van der Waals surface area contributed by atoms with Crippen LogP contribution in [0.3, 0.4) is 0 Å². The van der Waals surface area contributed by atoms with Gasteiger partial charge in [0, 0.05) is 19.8 Å². The molecule has 0 aromatic carbocycles. The van der Waals surface area contributed by atoms with Crippen molar-refractivity contribution >= 4 is 0 Å². The summed E-state index contributed by atoms with van der Waals surface area (Å²) < 4.78 is 21.9. The molecule has 0 saturated carbocycles. The van der Waals surface area contributed by atoms with Gasteiger partial charge in [0.1, 0.15) is 0 Å². The SMILES string of the molecule is CCO.CCOCC.[O]=[W]=[O]. The van der Waals surface area contributed by atoms with Crippen LogP contribution in [-0.2, 0) is 30.0 Å². The molecule has 0 fully saturated rings. The Morgan fingerprint density at radius 1 is 1.18 bits per heavy atom. The molecule has 5 heteroatoms. The third-order valence-corrected chi connectivity index (χ3v) is 0.408. The Hall–Kier alpha value is 0.208. The molecule has 4 nitrogen and oxygen atoms in total. The average Bonchev–Trinajstić information content (AvgIpc) is 1.92. The molecule has 70 valence electrons. The van der Waals surface area contributed by atoms with Crippen LogP contribution < -0.4 is 0 Å². The van der Waals surface area contributed by atoms with Gasteiger partial charge in [-0.05, 0) is 20.8 Å². The standard InChI is InChI=1S/C4H10O.C2H6O.2O.W/c1-3-5-4-2;1-2-3;;;/h3-4H2,1-2H3;3H,2H2,1H3;;;. The Morgan fingerprint density at radius 3 is 1.36 bits per heavy atom. The van der Waals surface area contributed by atoms with E-state index in [2.05, 4.69) is 0 Å². The summed E-state index contributed by atoms with van der Waals surface area (Å²) in [5.41, 5.74) is 0. The van der Waals surface area contributed by atoms with Gasteiger partial charge in [0.2, 0.25) is 0 Å². The van der Waals surface area contributed by atoms with Gasteiger partial charge in [-0.15, -0.1) is 0 Å². The molecule has 0 rings (SSSR count). The second-order valence-electron chi connectivity index (χ2n) is 1.17. The van der Waals surface area contributed by atoms with E-state index in [4.69, 9.17) is 16.6 Å². The molecular formula is C6H16O4W. The Labute approximate surface area is 76.1 Å². The van der Waals surface area contributed by atoms with E-state index in [1.54, 1.807) is 6.92 Å². The molecule has 0 aliphatic carbocycles. The molecule has 0 aliphatic heterocycles. The van der Waals surface area contributed by atoms with E-state index in [-0.39, 0.29) is 6.61 Å². The molecule has 0 aromatic rings. The molecule has 0 saturated heterocycles. The third kappa shape index (κ3) is 141. The summed E-state index contributed by atoms with van der Waals surface area (Å²) in [5, 5.41) is 7.57.